The van der Waals surface area contributed by atoms with Crippen LogP contribution in [0.25, 0.3) is 0 Å². The Morgan fingerprint density at radius 1 is 1.12 bits per heavy atom. The van der Waals surface area contributed by atoms with E-state index in [1.54, 1.807) is 11.3 Å². The Kier molecular flexibility index (Phi) is 9.61. The minimum Gasteiger partial charge on any atom is -0.152 e. The molecule has 0 aliphatic rings. The van der Waals surface area contributed by atoms with Gasteiger partial charge < -0.3 is 0 Å². The topological polar surface area (TPSA) is 0 Å². The Bertz CT molecular complexity index is 80.9. The maximum absolute atomic E-state index is 3.25. The van der Waals surface area contributed by atoms with Crippen LogP contribution in [-0.4, -0.2) is 0 Å². The van der Waals surface area contributed by atoms with Crippen LogP contribution < -0.4 is 0 Å². The second-order valence-electron chi connectivity index (χ2n) is 0.894. The number of halogens is 2. The molecule has 0 unspecified atom stereocenters. The van der Waals surface area contributed by atoms with E-state index < -0.39 is 0 Å². The molecule has 8 heavy (non-hydrogen) atoms. The zero-order valence-electron chi connectivity index (χ0n) is 4.18. The summed E-state index contributed by atoms with van der Waals surface area (Å²) in [5.41, 5.74) is 0. The summed E-state index contributed by atoms with van der Waals surface area (Å²) < 4.78 is 0. The summed E-state index contributed by atoms with van der Waals surface area (Å²) in [4.78, 5) is 0. The fourth-order valence-corrected chi connectivity index (χ4v) is 0.680. The van der Waals surface area contributed by atoms with Crippen LogP contribution in [0.5, 0.6) is 0 Å². The Morgan fingerprint density at radius 3 is 1.62 bits per heavy atom. The van der Waals surface area contributed by atoms with Crippen molar-refractivity contribution in [2.75, 3.05) is 0 Å². The Labute approximate surface area is 74.0 Å². The van der Waals surface area contributed by atoms with E-state index in [9.17, 15) is 0 Å². The molecule has 0 fully saturated rings. The largest absolute Gasteiger partial charge is 0.152 e. The molecule has 42 valence electrons. The molecule has 0 aliphatic heterocycles. The van der Waals surface area contributed by atoms with E-state index in [1.807, 2.05) is 22.9 Å². The molecule has 0 radical (unpaired) electrons. The Balaban J connectivity index is 0.000000145. The number of hydrogen-bond donors (Lipinski definition) is 0. The summed E-state index contributed by atoms with van der Waals surface area (Å²) in [7, 11) is 0. The summed E-state index contributed by atoms with van der Waals surface area (Å²) in [5.74, 6) is 0. The average molecular weight is 309 g/mol. The van der Waals surface area contributed by atoms with Crippen LogP contribution in [0, 0.1) is 0 Å². The van der Waals surface area contributed by atoms with Crippen molar-refractivity contribution in [3.8, 4) is 0 Å². The normalized spacial score (nSPS) is 6.25. The van der Waals surface area contributed by atoms with Crippen LogP contribution in [-0.2, 0) is 13.2 Å². The van der Waals surface area contributed by atoms with Crippen molar-refractivity contribution in [2.24, 2.45) is 0 Å². The van der Waals surface area contributed by atoms with E-state index in [-0.39, 0.29) is 13.2 Å². The van der Waals surface area contributed by atoms with E-state index >= 15 is 0 Å². The van der Waals surface area contributed by atoms with Gasteiger partial charge in [-0.2, -0.15) is 11.3 Å². The van der Waals surface area contributed by atoms with Crippen molar-refractivity contribution < 1.29 is 13.2 Å². The molecular weight excluding hydrogens is 305 g/mol. The van der Waals surface area contributed by atoms with Crippen LogP contribution in [0.4, 0.5) is 0 Å². The van der Waals surface area contributed by atoms with Crippen molar-refractivity contribution in [1.82, 2.24) is 0 Å². The van der Waals surface area contributed by atoms with Gasteiger partial charge in [-0.1, -0.05) is 12.1 Å². The predicted octanol–water partition coefficient (Wildman–Crippen LogP) is 3.44. The minimum absolute atomic E-state index is 0.250. The van der Waals surface area contributed by atoms with E-state index in [2.05, 4.69) is 27.2 Å². The van der Waals surface area contributed by atoms with Crippen molar-refractivity contribution >= 4 is 38.6 Å². The van der Waals surface area contributed by atoms with Crippen molar-refractivity contribution in [3.05, 3.63) is 22.9 Å². The average Bonchev–Trinajstić information content (AvgIpc) is 2.17. The molecule has 0 amide bonds. The summed E-state index contributed by atoms with van der Waals surface area (Å²) in [6.45, 7) is 0. The SMILES string of the molecule is [Br][Zn][Br].c1ccsc1. The van der Waals surface area contributed by atoms with Gasteiger partial charge in [0.2, 0.25) is 0 Å². The van der Waals surface area contributed by atoms with Gasteiger partial charge in [0.25, 0.3) is 0 Å². The zero-order chi connectivity index (χ0) is 6.24. The standard InChI is InChI=1S/C4H4S.2BrH.Zn/c1-2-4-5-3-1;;;/h1-4H;2*1H;/q;;;+2/p-2. The molecule has 0 atom stereocenters. The van der Waals surface area contributed by atoms with Gasteiger partial charge in [0.05, 0.1) is 0 Å². The maximum atomic E-state index is 3.25. The van der Waals surface area contributed by atoms with Crippen molar-refractivity contribution in [1.29, 1.82) is 0 Å². The molecule has 0 N–H and O–H groups in total. The number of hydrogen-bond acceptors (Lipinski definition) is 1. The fraction of sp³-hybridized carbons (Fsp3) is 0. The second-order valence-corrected chi connectivity index (χ2v) is 15.8. The van der Waals surface area contributed by atoms with E-state index in [4.69, 9.17) is 0 Å². The first kappa shape index (κ1) is 9.28. The second kappa shape index (κ2) is 8.28. The van der Waals surface area contributed by atoms with Gasteiger partial charge >= 0.3 is 40.5 Å². The minimum atomic E-state index is -0.250. The predicted molar refractivity (Wildman–Crippen MR) is 42.2 cm³/mol. The number of rotatable bonds is 0. The third kappa shape index (κ3) is 7.28. The van der Waals surface area contributed by atoms with Crippen LogP contribution in [0.2, 0.25) is 0 Å². The monoisotopic (exact) mass is 306 g/mol. The smallest absolute Gasteiger partial charge is 0.00934 e. The van der Waals surface area contributed by atoms with Crippen LogP contribution in [0.15, 0.2) is 22.9 Å². The Hall–Kier alpha value is 1.28. The zero-order valence-corrected chi connectivity index (χ0v) is 11.1. The van der Waals surface area contributed by atoms with E-state index in [1.165, 1.54) is 0 Å². The van der Waals surface area contributed by atoms with Crippen LogP contribution in [0.1, 0.15) is 0 Å². The van der Waals surface area contributed by atoms with E-state index in [0.717, 1.165) is 0 Å². The molecule has 0 aromatic carbocycles. The molecule has 1 aromatic heterocycles. The fourth-order valence-electron chi connectivity index (χ4n) is 0.227. The molecule has 0 spiro atoms. The van der Waals surface area contributed by atoms with Gasteiger partial charge in [-0.25, -0.2) is 0 Å². The molecule has 0 aliphatic carbocycles. The number of thiophene rings is 1. The molecule has 0 nitrogen and oxygen atoms in total. The quantitative estimate of drug-likeness (QED) is 0.644. The molecule has 1 heterocycles. The summed E-state index contributed by atoms with van der Waals surface area (Å²) >= 11 is 7.96. The van der Waals surface area contributed by atoms with Crippen molar-refractivity contribution in [2.45, 2.75) is 0 Å². The molecule has 0 saturated carbocycles. The van der Waals surface area contributed by atoms with E-state index in [0.29, 0.717) is 0 Å². The van der Waals surface area contributed by atoms with Crippen LogP contribution >= 0.6 is 38.6 Å². The molecular formula is C4H4Br2SZn. The molecule has 1 aromatic rings. The van der Waals surface area contributed by atoms with Gasteiger partial charge in [0.1, 0.15) is 0 Å². The third-order valence-electron chi connectivity index (χ3n) is 0.425. The summed E-state index contributed by atoms with van der Waals surface area (Å²) in [6, 6.07) is 4.04. The first-order chi connectivity index (χ1) is 3.91. The first-order valence-electron chi connectivity index (χ1n) is 2.01. The molecule has 1 rings (SSSR count). The van der Waals surface area contributed by atoms with Gasteiger partial charge in [0.15, 0.2) is 0 Å². The molecule has 0 saturated heterocycles. The van der Waals surface area contributed by atoms with Gasteiger partial charge in [0, 0.05) is 0 Å². The van der Waals surface area contributed by atoms with Crippen LogP contribution in [0.3, 0.4) is 0 Å². The maximum Gasteiger partial charge on any atom is -0.00934 e. The Morgan fingerprint density at radius 2 is 1.50 bits per heavy atom. The van der Waals surface area contributed by atoms with Gasteiger partial charge in [-0.15, -0.1) is 0 Å². The van der Waals surface area contributed by atoms with Gasteiger partial charge in [-0.3, -0.25) is 0 Å². The first-order valence-corrected chi connectivity index (χ1v) is 16.8. The molecule has 4 heteroatoms. The summed E-state index contributed by atoms with van der Waals surface area (Å²) in [6.07, 6.45) is 0. The van der Waals surface area contributed by atoms with Crippen molar-refractivity contribution in [3.63, 3.8) is 0 Å². The third-order valence-corrected chi connectivity index (χ3v) is 1.05. The molecule has 0 bridgehead atoms. The summed E-state index contributed by atoms with van der Waals surface area (Å²) in [5, 5.41) is 4.08. The van der Waals surface area contributed by atoms with Gasteiger partial charge in [-0.05, 0) is 10.8 Å².